The fourth-order valence-corrected chi connectivity index (χ4v) is 2.59. The summed E-state index contributed by atoms with van der Waals surface area (Å²) in [6.07, 6.45) is 4.57. The summed E-state index contributed by atoms with van der Waals surface area (Å²) >= 11 is 0. The molecule has 0 radical (unpaired) electrons. The number of amidine groups is 1. The van der Waals surface area contributed by atoms with Gasteiger partial charge in [0.2, 0.25) is 0 Å². The lowest BCUT2D eigenvalue weighted by molar-refractivity contribution is 1.19. The van der Waals surface area contributed by atoms with Crippen molar-refractivity contribution in [1.29, 1.82) is 0 Å². The average molecular weight is 263 g/mol. The van der Waals surface area contributed by atoms with Crippen LogP contribution in [0.1, 0.15) is 5.56 Å². The van der Waals surface area contributed by atoms with Gasteiger partial charge in [-0.05, 0) is 41.0 Å². The van der Waals surface area contributed by atoms with Gasteiger partial charge in [-0.1, -0.05) is 6.07 Å². The van der Waals surface area contributed by atoms with Crippen molar-refractivity contribution in [3.63, 3.8) is 0 Å². The first-order valence-corrected chi connectivity index (χ1v) is 6.39. The molecule has 0 bridgehead atoms. The van der Waals surface area contributed by atoms with E-state index in [0.717, 1.165) is 28.9 Å². The third-order valence-electron chi connectivity index (χ3n) is 3.52. The van der Waals surface area contributed by atoms with E-state index in [-0.39, 0.29) is 0 Å². The van der Waals surface area contributed by atoms with E-state index in [4.69, 9.17) is 11.5 Å². The summed E-state index contributed by atoms with van der Waals surface area (Å²) in [6, 6.07) is 10.2. The minimum absolute atomic E-state index is 0.525. The Balaban J connectivity index is 1.82. The molecule has 2 aromatic heterocycles. The number of aliphatic imine (C=N–C) groups is 1. The molecule has 1 aromatic carbocycles. The fraction of sp³-hybridized carbons (Fsp3) is 0.0667. The summed E-state index contributed by atoms with van der Waals surface area (Å²) in [5.41, 5.74) is 16.7. The van der Waals surface area contributed by atoms with Gasteiger partial charge < -0.3 is 15.9 Å². The summed E-state index contributed by atoms with van der Waals surface area (Å²) < 4.78 is 1.93. The first kappa shape index (κ1) is 11.0. The summed E-state index contributed by atoms with van der Waals surface area (Å²) in [5.74, 6) is 1.20. The zero-order valence-electron chi connectivity index (χ0n) is 10.7. The van der Waals surface area contributed by atoms with E-state index < -0.39 is 0 Å². The number of nitrogen functional groups attached to an aromatic ring is 1. The molecule has 0 spiro atoms. The van der Waals surface area contributed by atoms with E-state index in [1.165, 1.54) is 5.56 Å². The van der Waals surface area contributed by atoms with Crippen molar-refractivity contribution in [3.05, 3.63) is 48.3 Å². The topological polar surface area (TPSA) is 81.7 Å². The smallest absolute Gasteiger partial charge is 0.142 e. The second kappa shape index (κ2) is 3.84. The minimum atomic E-state index is 0.525. The van der Waals surface area contributed by atoms with Crippen LogP contribution in [0.3, 0.4) is 0 Å². The van der Waals surface area contributed by atoms with Crippen molar-refractivity contribution < 1.29 is 0 Å². The number of rotatable bonds is 1. The van der Waals surface area contributed by atoms with Gasteiger partial charge in [0.25, 0.3) is 0 Å². The molecular formula is C15H13N5. The Bertz CT molecular complexity index is 860. The zero-order valence-corrected chi connectivity index (χ0v) is 10.7. The van der Waals surface area contributed by atoms with Crippen LogP contribution < -0.4 is 11.5 Å². The molecule has 0 amide bonds. The van der Waals surface area contributed by atoms with Crippen molar-refractivity contribution >= 4 is 23.0 Å². The summed E-state index contributed by atoms with van der Waals surface area (Å²) in [6.45, 7) is 0. The van der Waals surface area contributed by atoms with Gasteiger partial charge in [-0.3, -0.25) is 0 Å². The Morgan fingerprint density at radius 3 is 2.75 bits per heavy atom. The minimum Gasteiger partial charge on any atom is -0.387 e. The van der Waals surface area contributed by atoms with Crippen LogP contribution >= 0.6 is 0 Å². The van der Waals surface area contributed by atoms with Gasteiger partial charge in [0.05, 0.1) is 11.9 Å². The second-order valence-corrected chi connectivity index (χ2v) is 4.97. The second-order valence-electron chi connectivity index (χ2n) is 4.97. The highest BCUT2D eigenvalue weighted by atomic mass is 15.0. The highest BCUT2D eigenvalue weighted by Crippen LogP contribution is 2.30. The zero-order chi connectivity index (χ0) is 13.7. The Hall–Kier alpha value is -2.82. The van der Waals surface area contributed by atoms with E-state index in [2.05, 4.69) is 22.1 Å². The van der Waals surface area contributed by atoms with Gasteiger partial charge in [-0.25, -0.2) is 9.98 Å². The van der Waals surface area contributed by atoms with Gasteiger partial charge in [-0.2, -0.15) is 0 Å². The lowest BCUT2D eigenvalue weighted by atomic mass is 10.0. The molecule has 5 heteroatoms. The molecule has 0 atom stereocenters. The van der Waals surface area contributed by atoms with Crippen LogP contribution in [0.5, 0.6) is 0 Å². The average Bonchev–Trinajstić information content (AvgIpc) is 2.97. The fourth-order valence-electron chi connectivity index (χ4n) is 2.59. The number of aromatic nitrogens is 2. The number of hydrogen-bond donors (Lipinski definition) is 2. The molecule has 0 aliphatic carbocycles. The van der Waals surface area contributed by atoms with Crippen molar-refractivity contribution in [1.82, 2.24) is 9.38 Å². The molecule has 1 aliphatic rings. The number of anilines is 1. The Morgan fingerprint density at radius 1 is 1.00 bits per heavy atom. The number of fused-ring (bicyclic) bond motifs is 2. The molecule has 0 fully saturated rings. The molecule has 3 heterocycles. The quantitative estimate of drug-likeness (QED) is 0.705. The predicted octanol–water partition coefficient (Wildman–Crippen LogP) is 2.13. The molecule has 20 heavy (non-hydrogen) atoms. The highest BCUT2D eigenvalue weighted by Gasteiger charge is 2.13. The standard InChI is InChI=1S/C15H13N5/c16-13-6-11-5-9(1-3-12(11)18-13)10-2-4-15-19-14(17)8-20(15)7-10/h1-5,7-8H,6,17H2,(H2,16,18). The van der Waals surface area contributed by atoms with Crippen LogP contribution in [0.4, 0.5) is 11.5 Å². The van der Waals surface area contributed by atoms with E-state index in [9.17, 15) is 0 Å². The highest BCUT2D eigenvalue weighted by molar-refractivity contribution is 5.91. The molecule has 98 valence electrons. The molecule has 3 aromatic rings. The molecule has 1 aliphatic heterocycles. The van der Waals surface area contributed by atoms with Crippen LogP contribution in [0.15, 0.2) is 47.7 Å². The summed E-state index contributed by atoms with van der Waals surface area (Å²) in [5, 5.41) is 0. The Labute approximate surface area is 115 Å². The molecule has 0 saturated heterocycles. The maximum atomic E-state index is 5.77. The van der Waals surface area contributed by atoms with Crippen molar-refractivity contribution in [2.45, 2.75) is 6.42 Å². The molecule has 4 rings (SSSR count). The molecule has 0 saturated carbocycles. The number of imidazole rings is 1. The summed E-state index contributed by atoms with van der Waals surface area (Å²) in [4.78, 5) is 8.52. The maximum absolute atomic E-state index is 5.77. The molecular weight excluding hydrogens is 250 g/mol. The largest absolute Gasteiger partial charge is 0.387 e. The van der Waals surface area contributed by atoms with Gasteiger partial charge in [0.1, 0.15) is 17.3 Å². The lowest BCUT2D eigenvalue weighted by Gasteiger charge is -2.05. The van der Waals surface area contributed by atoms with E-state index >= 15 is 0 Å². The molecule has 5 nitrogen and oxygen atoms in total. The van der Waals surface area contributed by atoms with Gasteiger partial charge in [0, 0.05) is 12.6 Å². The number of nitrogens with zero attached hydrogens (tertiary/aromatic N) is 3. The number of pyridine rings is 1. The third-order valence-corrected chi connectivity index (χ3v) is 3.52. The monoisotopic (exact) mass is 263 g/mol. The van der Waals surface area contributed by atoms with Crippen molar-refractivity contribution in [2.75, 3.05) is 5.73 Å². The number of benzene rings is 1. The summed E-state index contributed by atoms with van der Waals surface area (Å²) in [7, 11) is 0. The van der Waals surface area contributed by atoms with E-state index in [0.29, 0.717) is 11.7 Å². The Kier molecular flexibility index (Phi) is 2.12. The third kappa shape index (κ3) is 1.64. The molecule has 0 unspecified atom stereocenters. The molecule has 4 N–H and O–H groups in total. The van der Waals surface area contributed by atoms with Crippen LogP contribution in [-0.4, -0.2) is 15.2 Å². The maximum Gasteiger partial charge on any atom is 0.142 e. The van der Waals surface area contributed by atoms with E-state index in [1.807, 2.05) is 35.0 Å². The Morgan fingerprint density at radius 2 is 1.85 bits per heavy atom. The van der Waals surface area contributed by atoms with Crippen molar-refractivity contribution in [3.8, 4) is 11.1 Å². The number of hydrogen-bond acceptors (Lipinski definition) is 4. The van der Waals surface area contributed by atoms with Gasteiger partial charge in [0.15, 0.2) is 0 Å². The van der Waals surface area contributed by atoms with Gasteiger partial charge in [-0.15, -0.1) is 0 Å². The lowest BCUT2D eigenvalue weighted by Crippen LogP contribution is -2.09. The van der Waals surface area contributed by atoms with E-state index in [1.54, 1.807) is 0 Å². The van der Waals surface area contributed by atoms with Crippen LogP contribution in [0.2, 0.25) is 0 Å². The first-order chi connectivity index (χ1) is 9.69. The predicted molar refractivity (Wildman–Crippen MR) is 80.0 cm³/mol. The van der Waals surface area contributed by atoms with Crippen molar-refractivity contribution in [2.24, 2.45) is 10.7 Å². The SMILES string of the molecule is NC1=Nc2ccc(-c3ccc4nc(N)cn4c3)cc2C1. The first-order valence-electron chi connectivity index (χ1n) is 6.39. The van der Waals surface area contributed by atoms with Crippen LogP contribution in [0.25, 0.3) is 16.8 Å². The van der Waals surface area contributed by atoms with Crippen LogP contribution in [-0.2, 0) is 6.42 Å². The number of nitrogens with two attached hydrogens (primary N) is 2. The van der Waals surface area contributed by atoms with Gasteiger partial charge >= 0.3 is 0 Å². The van der Waals surface area contributed by atoms with Crippen LogP contribution in [0, 0.1) is 0 Å². The normalized spacial score (nSPS) is 13.5.